The maximum Gasteiger partial charge on any atom is 0.217 e. The molecule has 0 radical (unpaired) electrons. The zero-order valence-electron chi connectivity index (χ0n) is 19.6. The van der Waals surface area contributed by atoms with Gasteiger partial charge in [-0.25, -0.2) is 4.39 Å². The predicted octanol–water partition coefficient (Wildman–Crippen LogP) is 7.49. The Labute approximate surface area is 188 Å². The predicted molar refractivity (Wildman–Crippen MR) is 131 cm³/mol. The molecule has 0 amide bonds. The lowest BCUT2D eigenvalue weighted by Crippen LogP contribution is -2.33. The molecule has 3 aromatic carbocycles. The molecule has 2 nitrogen and oxygen atoms in total. The third-order valence-corrected chi connectivity index (χ3v) is 6.66. The van der Waals surface area contributed by atoms with Crippen molar-refractivity contribution in [3.8, 4) is 11.3 Å². The van der Waals surface area contributed by atoms with Crippen molar-refractivity contribution >= 4 is 32.8 Å². The van der Waals surface area contributed by atoms with Crippen molar-refractivity contribution in [3.05, 3.63) is 76.6 Å². The van der Waals surface area contributed by atoms with Crippen LogP contribution in [-0.2, 0) is 13.5 Å². The molecular weight excluding hydrogens is 397 g/mol. The van der Waals surface area contributed by atoms with Gasteiger partial charge in [0, 0.05) is 34.4 Å². The van der Waals surface area contributed by atoms with E-state index in [1.54, 1.807) is 0 Å². The zero-order chi connectivity index (χ0) is 22.7. The minimum atomic E-state index is -0.280. The molecule has 0 bridgehead atoms. The molecule has 0 N–H and O–H groups in total. The molecule has 0 unspecified atom stereocenters. The first-order valence-electron chi connectivity index (χ1n) is 11.3. The summed E-state index contributed by atoms with van der Waals surface area (Å²) < 4.78 is 22.5. The van der Waals surface area contributed by atoms with Crippen LogP contribution in [0.15, 0.2) is 52.9 Å². The maximum absolute atomic E-state index is 13.9. The van der Waals surface area contributed by atoms with E-state index in [0.29, 0.717) is 11.5 Å². The van der Waals surface area contributed by atoms with E-state index < -0.39 is 0 Å². The molecule has 0 atom stereocenters. The Hall–Kier alpha value is -3.20. The molecule has 0 saturated carbocycles. The molecule has 2 heterocycles. The van der Waals surface area contributed by atoms with Gasteiger partial charge in [0.2, 0.25) is 11.2 Å². The number of aromatic nitrogens is 1. The number of aryl methyl sites for hydroxylation is 3. The molecule has 5 rings (SSSR count). The van der Waals surface area contributed by atoms with Gasteiger partial charge >= 0.3 is 0 Å². The molecule has 2 aromatic heterocycles. The smallest absolute Gasteiger partial charge is 0.217 e. The van der Waals surface area contributed by atoms with Crippen LogP contribution in [0, 0.1) is 32.5 Å². The minimum absolute atomic E-state index is 0.280. The second-order valence-corrected chi connectivity index (χ2v) is 9.55. The highest BCUT2D eigenvalue weighted by Crippen LogP contribution is 2.39. The fraction of sp³-hybridized carbons (Fsp3) is 0.276. The third-order valence-electron chi connectivity index (χ3n) is 6.66. The van der Waals surface area contributed by atoms with Gasteiger partial charge in [0.1, 0.15) is 24.0 Å². The Morgan fingerprint density at radius 3 is 2.41 bits per heavy atom. The molecule has 0 aliphatic rings. The lowest BCUT2D eigenvalue weighted by atomic mass is 9.92. The molecule has 32 heavy (non-hydrogen) atoms. The summed E-state index contributed by atoms with van der Waals surface area (Å²) in [6.45, 7) is 11.0. The van der Waals surface area contributed by atoms with Gasteiger partial charge < -0.3 is 4.42 Å². The average Bonchev–Trinajstić information content (AvgIpc) is 3.08. The first-order chi connectivity index (χ1) is 15.2. The van der Waals surface area contributed by atoms with Gasteiger partial charge in [-0.15, -0.1) is 0 Å². The third kappa shape index (κ3) is 3.19. The topological polar surface area (TPSA) is 17.0 Å². The molecule has 5 aromatic rings. The average molecular weight is 427 g/mol. The molecular formula is C29H29FNO+. The van der Waals surface area contributed by atoms with Crippen molar-refractivity contribution in [2.45, 2.75) is 41.0 Å². The van der Waals surface area contributed by atoms with Crippen LogP contribution in [-0.4, -0.2) is 0 Å². The Morgan fingerprint density at radius 2 is 1.66 bits per heavy atom. The van der Waals surface area contributed by atoms with Crippen molar-refractivity contribution in [1.29, 1.82) is 0 Å². The summed E-state index contributed by atoms with van der Waals surface area (Å²) in [6, 6.07) is 16.0. The van der Waals surface area contributed by atoms with E-state index in [1.807, 2.05) is 6.07 Å². The van der Waals surface area contributed by atoms with Crippen molar-refractivity contribution < 1.29 is 13.4 Å². The number of pyridine rings is 1. The fourth-order valence-electron chi connectivity index (χ4n) is 4.93. The van der Waals surface area contributed by atoms with E-state index in [-0.39, 0.29) is 5.82 Å². The van der Waals surface area contributed by atoms with E-state index in [1.165, 1.54) is 45.3 Å². The Morgan fingerprint density at radius 1 is 0.906 bits per heavy atom. The Kier molecular flexibility index (Phi) is 4.81. The van der Waals surface area contributed by atoms with Gasteiger partial charge in [0.15, 0.2) is 0 Å². The number of nitrogens with zero attached hydrogens (tertiary/aromatic N) is 1. The Bertz CT molecular complexity index is 1520. The van der Waals surface area contributed by atoms with Gasteiger partial charge in [0.25, 0.3) is 0 Å². The van der Waals surface area contributed by atoms with E-state index in [2.05, 4.69) is 76.6 Å². The van der Waals surface area contributed by atoms with Crippen LogP contribution in [0.1, 0.15) is 36.1 Å². The molecule has 0 aliphatic heterocycles. The second kappa shape index (κ2) is 7.44. The number of hydrogen-bond donors (Lipinski definition) is 0. The van der Waals surface area contributed by atoms with Crippen molar-refractivity contribution in [1.82, 2.24) is 0 Å². The summed E-state index contributed by atoms with van der Waals surface area (Å²) in [5.74, 6) is 0.269. The SMILES string of the molecule is Cc1ccc2c(CC(C)C)cc(-c3c(C)c(C)cc4c3oc3cc(F)ccc34)[n+](C)c2c1. The highest BCUT2D eigenvalue weighted by molar-refractivity contribution is 6.10. The monoisotopic (exact) mass is 426 g/mol. The largest absolute Gasteiger partial charge is 0.455 e. The molecule has 3 heteroatoms. The van der Waals surface area contributed by atoms with Gasteiger partial charge in [-0.3, -0.25) is 0 Å². The zero-order valence-corrected chi connectivity index (χ0v) is 19.6. The number of hydrogen-bond acceptors (Lipinski definition) is 1. The summed E-state index contributed by atoms with van der Waals surface area (Å²) in [6.07, 6.45) is 1.01. The highest BCUT2D eigenvalue weighted by atomic mass is 19.1. The van der Waals surface area contributed by atoms with E-state index in [4.69, 9.17) is 4.42 Å². The number of fused-ring (bicyclic) bond motifs is 4. The first-order valence-corrected chi connectivity index (χ1v) is 11.3. The van der Waals surface area contributed by atoms with E-state index in [9.17, 15) is 4.39 Å². The van der Waals surface area contributed by atoms with Gasteiger partial charge in [0.05, 0.1) is 5.56 Å². The molecule has 0 spiro atoms. The summed E-state index contributed by atoms with van der Waals surface area (Å²) in [5, 5.41) is 3.28. The Balaban J connectivity index is 1.93. The maximum atomic E-state index is 13.9. The standard InChI is InChI=1S/C29H29FNO/c1-16(2)11-20-14-26(31(6)25-12-17(3)7-9-22(20)25)28-19(5)18(4)13-24-23-10-8-21(30)15-27(23)32-29(24)28/h7-10,12-16H,11H2,1-6H3/q+1. The van der Waals surface area contributed by atoms with Crippen LogP contribution >= 0.6 is 0 Å². The molecule has 162 valence electrons. The normalized spacial score (nSPS) is 12.0. The van der Waals surface area contributed by atoms with Gasteiger partial charge in [-0.05, 0) is 79.6 Å². The van der Waals surface area contributed by atoms with Gasteiger partial charge in [-0.2, -0.15) is 4.57 Å². The minimum Gasteiger partial charge on any atom is -0.455 e. The first kappa shape index (κ1) is 20.7. The van der Waals surface area contributed by atoms with Crippen LogP contribution in [0.3, 0.4) is 0 Å². The number of furan rings is 1. The summed E-state index contributed by atoms with van der Waals surface area (Å²) in [4.78, 5) is 0. The van der Waals surface area contributed by atoms with Crippen LogP contribution < -0.4 is 4.57 Å². The lowest BCUT2D eigenvalue weighted by Gasteiger charge is -2.14. The lowest BCUT2D eigenvalue weighted by molar-refractivity contribution is -0.633. The number of benzene rings is 3. The van der Waals surface area contributed by atoms with Crippen molar-refractivity contribution in [2.24, 2.45) is 13.0 Å². The van der Waals surface area contributed by atoms with Gasteiger partial charge in [-0.1, -0.05) is 19.9 Å². The second-order valence-electron chi connectivity index (χ2n) is 9.55. The molecule has 0 fully saturated rings. The van der Waals surface area contributed by atoms with Crippen LogP contribution in [0.4, 0.5) is 4.39 Å². The van der Waals surface area contributed by atoms with Crippen LogP contribution in [0.2, 0.25) is 0 Å². The van der Waals surface area contributed by atoms with Crippen molar-refractivity contribution in [3.63, 3.8) is 0 Å². The number of halogens is 1. The summed E-state index contributed by atoms with van der Waals surface area (Å²) in [7, 11) is 2.13. The molecule has 0 saturated heterocycles. The van der Waals surface area contributed by atoms with E-state index >= 15 is 0 Å². The van der Waals surface area contributed by atoms with Crippen molar-refractivity contribution in [2.75, 3.05) is 0 Å². The van der Waals surface area contributed by atoms with E-state index in [0.717, 1.165) is 34.0 Å². The quantitative estimate of drug-likeness (QED) is 0.273. The highest BCUT2D eigenvalue weighted by Gasteiger charge is 2.25. The summed E-state index contributed by atoms with van der Waals surface area (Å²) >= 11 is 0. The number of rotatable bonds is 3. The summed E-state index contributed by atoms with van der Waals surface area (Å²) in [5.41, 5.74) is 9.83. The fourth-order valence-corrected chi connectivity index (χ4v) is 4.93. The molecule has 0 aliphatic carbocycles. The van der Waals surface area contributed by atoms with Crippen LogP contribution in [0.5, 0.6) is 0 Å². The van der Waals surface area contributed by atoms with Crippen LogP contribution in [0.25, 0.3) is 44.1 Å².